The smallest absolute Gasteiger partial charge is 0.260 e. The van der Waals surface area contributed by atoms with Gasteiger partial charge in [-0.1, -0.05) is 6.07 Å². The van der Waals surface area contributed by atoms with Crippen LogP contribution in [0.4, 0.5) is 0 Å². The van der Waals surface area contributed by atoms with E-state index in [0.29, 0.717) is 61.3 Å². The number of fused-ring (bicyclic) bond motifs is 1. The van der Waals surface area contributed by atoms with Gasteiger partial charge in [0, 0.05) is 62.0 Å². The number of hydrogen-bond donors (Lipinski definition) is 5. The van der Waals surface area contributed by atoms with E-state index in [-0.39, 0.29) is 40.7 Å². The predicted molar refractivity (Wildman–Crippen MR) is 194 cm³/mol. The van der Waals surface area contributed by atoms with Crippen molar-refractivity contribution in [3.8, 4) is 51.6 Å². The maximum atomic E-state index is 13.3. The molecule has 1 aromatic heterocycles. The molecule has 296 valence electrons. The highest BCUT2D eigenvalue weighted by molar-refractivity contribution is 5.86. The van der Waals surface area contributed by atoms with Crippen LogP contribution in [0.1, 0.15) is 5.56 Å². The van der Waals surface area contributed by atoms with Gasteiger partial charge in [-0.05, 0) is 24.3 Å². The van der Waals surface area contributed by atoms with Crippen LogP contribution in [0.2, 0.25) is 0 Å². The SMILES string of the molecule is COc1ccc(-c2cc(=O)c3c(O)cc(OC4OC(CO)C(O)C(O)C4O)cc3o2)cc1OCC(=O)N1CCN(Cc2ccc(OC)c(OC)c2OC)CC1. The van der Waals surface area contributed by atoms with E-state index in [2.05, 4.69) is 4.90 Å². The first kappa shape index (κ1) is 39.4. The van der Waals surface area contributed by atoms with Crippen LogP contribution in [-0.2, 0) is 16.1 Å². The van der Waals surface area contributed by atoms with Crippen molar-refractivity contribution in [1.82, 2.24) is 9.80 Å². The summed E-state index contributed by atoms with van der Waals surface area (Å²) in [6, 6.07) is 12.1. The van der Waals surface area contributed by atoms with Crippen molar-refractivity contribution in [3.05, 3.63) is 64.3 Å². The summed E-state index contributed by atoms with van der Waals surface area (Å²) in [5.74, 6) is 1.50. The first-order valence-corrected chi connectivity index (χ1v) is 17.4. The number of aliphatic hydroxyl groups excluding tert-OH is 4. The molecule has 4 aromatic rings. The van der Waals surface area contributed by atoms with Crippen LogP contribution in [0.5, 0.6) is 40.2 Å². The van der Waals surface area contributed by atoms with Crippen molar-refractivity contribution in [2.75, 3.05) is 67.8 Å². The summed E-state index contributed by atoms with van der Waals surface area (Å²) in [7, 11) is 6.15. The number of carbonyl (C=O) groups excluding carboxylic acids is 1. The lowest BCUT2D eigenvalue weighted by Crippen LogP contribution is -2.60. The Morgan fingerprint density at radius 1 is 0.818 bits per heavy atom. The number of phenolic OH excluding ortho intramolecular Hbond substituents is 1. The topological polar surface area (TPSA) is 220 Å². The maximum absolute atomic E-state index is 13.3. The number of aromatic hydroxyl groups is 1. The molecule has 17 heteroatoms. The molecule has 1 amide bonds. The van der Waals surface area contributed by atoms with Gasteiger partial charge in [-0.3, -0.25) is 14.5 Å². The molecule has 3 aromatic carbocycles. The summed E-state index contributed by atoms with van der Waals surface area (Å²) >= 11 is 0. The fourth-order valence-electron chi connectivity index (χ4n) is 6.61. The first-order valence-electron chi connectivity index (χ1n) is 17.4. The second kappa shape index (κ2) is 17.0. The fraction of sp³-hybridized carbons (Fsp3) is 0.421. The van der Waals surface area contributed by atoms with Gasteiger partial charge in [0.05, 0.1) is 35.0 Å². The van der Waals surface area contributed by atoms with Gasteiger partial charge in [0.15, 0.2) is 35.0 Å². The molecule has 17 nitrogen and oxygen atoms in total. The lowest BCUT2D eigenvalue weighted by molar-refractivity contribution is -0.277. The van der Waals surface area contributed by atoms with Gasteiger partial charge in [0.25, 0.3) is 5.91 Å². The van der Waals surface area contributed by atoms with Gasteiger partial charge < -0.3 is 68.0 Å². The van der Waals surface area contributed by atoms with Crippen molar-refractivity contribution in [2.45, 2.75) is 37.3 Å². The van der Waals surface area contributed by atoms with E-state index in [4.69, 9.17) is 37.6 Å². The number of methoxy groups -OCH3 is 4. The number of piperazine rings is 1. The van der Waals surface area contributed by atoms with E-state index in [9.17, 15) is 35.1 Å². The molecule has 2 saturated heterocycles. The van der Waals surface area contributed by atoms with Gasteiger partial charge in [-0.2, -0.15) is 0 Å². The average Bonchev–Trinajstić information content (AvgIpc) is 3.19. The van der Waals surface area contributed by atoms with Crippen molar-refractivity contribution in [1.29, 1.82) is 0 Å². The average molecular weight is 769 g/mol. The van der Waals surface area contributed by atoms with Gasteiger partial charge >= 0.3 is 0 Å². The Balaban J connectivity index is 1.13. The zero-order valence-corrected chi connectivity index (χ0v) is 30.7. The normalized spacial score (nSPS) is 21.6. The molecule has 0 spiro atoms. The molecule has 3 heterocycles. The number of rotatable bonds is 13. The standard InChI is InChI=1S/C38H44N2O15/c1-48-25-7-5-20(27-16-24(43)32-23(42)14-22(15-29(32)54-27)53-38-35(47)34(46)33(45)30(18-41)55-38)13-28(25)52-19-31(44)40-11-9-39(10-12-40)17-21-6-8-26(49-2)37(51-4)36(21)50-3/h5-8,13-16,30,33-35,38,41-42,45-47H,9-12,17-19H2,1-4H3. The van der Waals surface area contributed by atoms with E-state index in [1.165, 1.54) is 19.2 Å². The number of ether oxygens (including phenoxy) is 7. The molecule has 5 unspecified atom stereocenters. The zero-order valence-electron chi connectivity index (χ0n) is 30.7. The van der Waals surface area contributed by atoms with Crippen LogP contribution in [0.25, 0.3) is 22.3 Å². The van der Waals surface area contributed by atoms with Crippen LogP contribution >= 0.6 is 0 Å². The number of phenols is 1. The summed E-state index contributed by atoms with van der Waals surface area (Å²) in [6.07, 6.45) is -7.75. The zero-order chi connectivity index (χ0) is 39.4. The summed E-state index contributed by atoms with van der Waals surface area (Å²) in [6.45, 7) is 1.84. The van der Waals surface area contributed by atoms with E-state index < -0.39 is 48.5 Å². The Bertz CT molecular complexity index is 2040. The van der Waals surface area contributed by atoms with Crippen molar-refractivity contribution in [3.63, 3.8) is 0 Å². The molecule has 2 aliphatic heterocycles. The lowest BCUT2D eigenvalue weighted by atomic mass is 9.99. The fourth-order valence-corrected chi connectivity index (χ4v) is 6.61. The Labute approximate surface area is 315 Å². The molecule has 2 fully saturated rings. The second-order valence-corrected chi connectivity index (χ2v) is 12.9. The third-order valence-electron chi connectivity index (χ3n) is 9.59. The van der Waals surface area contributed by atoms with Crippen LogP contribution in [0.3, 0.4) is 0 Å². The van der Waals surface area contributed by atoms with Gasteiger partial charge in [0.1, 0.15) is 52.6 Å². The summed E-state index contributed by atoms with van der Waals surface area (Å²) < 4.78 is 45.0. The molecule has 6 rings (SSSR count). The van der Waals surface area contributed by atoms with Crippen molar-refractivity contribution < 1.29 is 67.9 Å². The molecule has 2 aliphatic rings. The third-order valence-corrected chi connectivity index (χ3v) is 9.59. The first-order chi connectivity index (χ1) is 26.5. The summed E-state index contributed by atoms with van der Waals surface area (Å²) in [4.78, 5) is 30.4. The Hall–Kier alpha value is -5.30. The van der Waals surface area contributed by atoms with E-state index in [1.807, 2.05) is 12.1 Å². The van der Waals surface area contributed by atoms with Crippen LogP contribution in [-0.4, -0.2) is 140 Å². The second-order valence-electron chi connectivity index (χ2n) is 12.9. The molecular weight excluding hydrogens is 724 g/mol. The van der Waals surface area contributed by atoms with E-state index in [1.54, 1.807) is 44.4 Å². The van der Waals surface area contributed by atoms with Crippen molar-refractivity contribution in [2.24, 2.45) is 0 Å². The Kier molecular flexibility index (Phi) is 12.2. The van der Waals surface area contributed by atoms with Crippen LogP contribution in [0, 0.1) is 0 Å². The number of aliphatic hydroxyl groups is 4. The molecule has 0 radical (unpaired) electrons. The number of carbonyl (C=O) groups is 1. The molecule has 55 heavy (non-hydrogen) atoms. The molecule has 0 aliphatic carbocycles. The quantitative estimate of drug-likeness (QED) is 0.129. The van der Waals surface area contributed by atoms with E-state index >= 15 is 0 Å². The molecule has 0 bridgehead atoms. The van der Waals surface area contributed by atoms with Gasteiger partial charge in [0.2, 0.25) is 12.0 Å². The molecule has 5 N–H and O–H groups in total. The number of benzene rings is 3. The van der Waals surface area contributed by atoms with Crippen molar-refractivity contribution >= 4 is 16.9 Å². The highest BCUT2D eigenvalue weighted by Gasteiger charge is 2.44. The Morgan fingerprint density at radius 3 is 2.20 bits per heavy atom. The van der Waals surface area contributed by atoms with Gasteiger partial charge in [-0.25, -0.2) is 0 Å². The minimum atomic E-state index is -1.71. The maximum Gasteiger partial charge on any atom is 0.260 e. The monoisotopic (exact) mass is 768 g/mol. The highest BCUT2D eigenvalue weighted by Crippen LogP contribution is 2.40. The Morgan fingerprint density at radius 2 is 1.53 bits per heavy atom. The lowest BCUT2D eigenvalue weighted by Gasteiger charge is -2.39. The molecule has 0 saturated carbocycles. The largest absolute Gasteiger partial charge is 0.507 e. The number of hydrogen-bond acceptors (Lipinski definition) is 16. The molecule has 5 atom stereocenters. The predicted octanol–water partition coefficient (Wildman–Crippen LogP) is 1.10. The highest BCUT2D eigenvalue weighted by atomic mass is 16.7. The van der Waals surface area contributed by atoms with Crippen LogP contribution in [0.15, 0.2) is 57.7 Å². The summed E-state index contributed by atoms with van der Waals surface area (Å²) in [5, 5.41) is 50.6. The number of amides is 1. The van der Waals surface area contributed by atoms with Crippen LogP contribution < -0.4 is 33.8 Å². The van der Waals surface area contributed by atoms with E-state index in [0.717, 1.165) is 11.6 Å². The summed E-state index contributed by atoms with van der Waals surface area (Å²) in [5.41, 5.74) is 0.655. The molecular formula is C38H44N2O15. The minimum Gasteiger partial charge on any atom is -0.507 e. The number of nitrogens with zero attached hydrogens (tertiary/aromatic N) is 2. The third kappa shape index (κ3) is 8.22. The minimum absolute atomic E-state index is 0.0840. The van der Waals surface area contributed by atoms with Gasteiger partial charge in [-0.15, -0.1) is 0 Å².